The van der Waals surface area contributed by atoms with E-state index in [2.05, 4.69) is 41.5 Å². The molecule has 13 heavy (non-hydrogen) atoms. The SMILES string of the molecule is CC(C)[Si](OC=O)(C(C)C)C(C)C. The van der Waals surface area contributed by atoms with Crippen molar-refractivity contribution in [1.29, 1.82) is 0 Å². The van der Waals surface area contributed by atoms with Gasteiger partial charge in [-0.25, -0.2) is 0 Å². The number of carbonyl (C=O) groups excluding carboxylic acids is 1. The van der Waals surface area contributed by atoms with E-state index < -0.39 is 8.32 Å². The summed E-state index contributed by atoms with van der Waals surface area (Å²) in [4.78, 5) is 10.5. The van der Waals surface area contributed by atoms with Crippen LogP contribution in [0.1, 0.15) is 41.5 Å². The van der Waals surface area contributed by atoms with Crippen molar-refractivity contribution >= 4 is 14.8 Å². The van der Waals surface area contributed by atoms with Crippen molar-refractivity contribution in [2.24, 2.45) is 0 Å². The van der Waals surface area contributed by atoms with Gasteiger partial charge in [-0.3, -0.25) is 4.79 Å². The van der Waals surface area contributed by atoms with Crippen LogP contribution in [0, 0.1) is 0 Å². The van der Waals surface area contributed by atoms with Crippen molar-refractivity contribution in [3.05, 3.63) is 0 Å². The molecule has 0 amide bonds. The molecule has 0 radical (unpaired) electrons. The van der Waals surface area contributed by atoms with Gasteiger partial charge in [0.25, 0.3) is 14.8 Å². The van der Waals surface area contributed by atoms with Crippen molar-refractivity contribution in [2.45, 2.75) is 58.2 Å². The Hall–Kier alpha value is -0.313. The average molecular weight is 202 g/mol. The molecule has 0 aromatic rings. The molecule has 0 aliphatic rings. The van der Waals surface area contributed by atoms with Crippen LogP contribution in [0.3, 0.4) is 0 Å². The molecule has 0 spiro atoms. The van der Waals surface area contributed by atoms with E-state index in [0.29, 0.717) is 23.1 Å². The summed E-state index contributed by atoms with van der Waals surface area (Å²) in [5.41, 5.74) is 1.45. The number of rotatable bonds is 5. The third kappa shape index (κ3) is 2.33. The fraction of sp³-hybridized carbons (Fsp3) is 0.900. The molecule has 0 N–H and O–H groups in total. The van der Waals surface area contributed by atoms with E-state index in [9.17, 15) is 4.79 Å². The Kier molecular flexibility index (Phi) is 4.68. The highest BCUT2D eigenvalue weighted by atomic mass is 28.4. The lowest BCUT2D eigenvalue weighted by Gasteiger charge is -2.39. The van der Waals surface area contributed by atoms with Gasteiger partial charge in [-0.2, -0.15) is 0 Å². The zero-order valence-corrected chi connectivity index (χ0v) is 10.6. The summed E-state index contributed by atoms with van der Waals surface area (Å²) in [6.07, 6.45) is 0. The molecular formula is C10H22O2Si. The second-order valence-electron chi connectivity index (χ2n) is 4.53. The number of hydrogen-bond acceptors (Lipinski definition) is 2. The smallest absolute Gasteiger partial charge is 0.279 e. The minimum atomic E-state index is -1.90. The third-order valence-corrected chi connectivity index (χ3v) is 8.88. The van der Waals surface area contributed by atoms with Gasteiger partial charge in [0.2, 0.25) is 0 Å². The molecule has 0 atom stereocenters. The van der Waals surface area contributed by atoms with Gasteiger partial charge in [-0.15, -0.1) is 0 Å². The summed E-state index contributed by atoms with van der Waals surface area (Å²) in [5.74, 6) is 0. The van der Waals surface area contributed by atoms with Gasteiger partial charge in [0, 0.05) is 0 Å². The van der Waals surface area contributed by atoms with Crippen LogP contribution in [0.15, 0.2) is 0 Å². The zero-order chi connectivity index (χ0) is 10.6. The predicted molar refractivity (Wildman–Crippen MR) is 58.2 cm³/mol. The second-order valence-corrected chi connectivity index (χ2v) is 9.94. The van der Waals surface area contributed by atoms with E-state index in [4.69, 9.17) is 4.43 Å². The standard InChI is InChI=1S/C10H22O2Si/c1-8(2)13(9(3)4,10(5)6)12-7-11/h7-10H,1-6H3. The van der Waals surface area contributed by atoms with Gasteiger partial charge >= 0.3 is 0 Å². The highest BCUT2D eigenvalue weighted by Gasteiger charge is 2.46. The van der Waals surface area contributed by atoms with E-state index in [1.165, 1.54) is 0 Å². The van der Waals surface area contributed by atoms with Crippen molar-refractivity contribution in [3.8, 4) is 0 Å². The molecule has 0 saturated heterocycles. The Labute approximate surface area is 82.8 Å². The monoisotopic (exact) mass is 202 g/mol. The van der Waals surface area contributed by atoms with Crippen LogP contribution < -0.4 is 0 Å². The molecule has 0 aliphatic heterocycles. The fourth-order valence-corrected chi connectivity index (χ4v) is 7.47. The number of hydrogen-bond donors (Lipinski definition) is 0. The van der Waals surface area contributed by atoms with Crippen LogP contribution in [0.25, 0.3) is 0 Å². The molecule has 3 heteroatoms. The molecule has 0 aromatic carbocycles. The molecule has 0 bridgehead atoms. The first-order chi connectivity index (χ1) is 5.89. The summed E-state index contributed by atoms with van der Waals surface area (Å²) in [5, 5.41) is 0. The first kappa shape index (κ1) is 12.7. The topological polar surface area (TPSA) is 26.3 Å². The van der Waals surface area contributed by atoms with E-state index in [0.717, 1.165) is 0 Å². The third-order valence-electron chi connectivity index (χ3n) is 2.96. The lowest BCUT2D eigenvalue weighted by Crippen LogP contribution is -2.47. The minimum absolute atomic E-state index is 0.484. The molecule has 78 valence electrons. The lowest BCUT2D eigenvalue weighted by atomic mass is 10.5. The normalized spacial score (nSPS) is 12.7. The molecule has 0 fully saturated rings. The first-order valence-corrected chi connectivity index (χ1v) is 7.15. The van der Waals surface area contributed by atoms with Crippen LogP contribution in [0.2, 0.25) is 16.6 Å². The van der Waals surface area contributed by atoms with E-state index in [1.807, 2.05) is 0 Å². The van der Waals surface area contributed by atoms with E-state index in [-0.39, 0.29) is 0 Å². The van der Waals surface area contributed by atoms with Crippen molar-refractivity contribution in [2.75, 3.05) is 0 Å². The highest BCUT2D eigenvalue weighted by Crippen LogP contribution is 2.41. The summed E-state index contributed by atoms with van der Waals surface area (Å²) in [6.45, 7) is 13.6. The summed E-state index contributed by atoms with van der Waals surface area (Å²) >= 11 is 0. The van der Waals surface area contributed by atoms with Crippen LogP contribution in [-0.2, 0) is 9.22 Å². The Morgan fingerprint density at radius 1 is 0.923 bits per heavy atom. The minimum Gasteiger partial charge on any atom is -0.520 e. The predicted octanol–water partition coefficient (Wildman–Crippen LogP) is 3.33. The summed E-state index contributed by atoms with van der Waals surface area (Å²) in [6, 6.07) is 0. The van der Waals surface area contributed by atoms with Gasteiger partial charge in [0.15, 0.2) is 0 Å². The number of carbonyl (C=O) groups is 1. The van der Waals surface area contributed by atoms with Crippen LogP contribution in [0.5, 0.6) is 0 Å². The summed E-state index contributed by atoms with van der Waals surface area (Å²) in [7, 11) is -1.90. The second kappa shape index (κ2) is 4.79. The quantitative estimate of drug-likeness (QED) is 0.505. The van der Waals surface area contributed by atoms with Crippen LogP contribution >= 0.6 is 0 Å². The van der Waals surface area contributed by atoms with Crippen molar-refractivity contribution in [3.63, 3.8) is 0 Å². The molecule has 0 saturated carbocycles. The van der Waals surface area contributed by atoms with Gasteiger partial charge in [0.1, 0.15) is 0 Å². The Bertz CT molecular complexity index is 143. The zero-order valence-electron chi connectivity index (χ0n) is 9.63. The van der Waals surface area contributed by atoms with Crippen molar-refractivity contribution < 1.29 is 9.22 Å². The molecule has 2 nitrogen and oxygen atoms in total. The van der Waals surface area contributed by atoms with Crippen LogP contribution in [-0.4, -0.2) is 14.8 Å². The molecule has 0 aliphatic carbocycles. The fourth-order valence-electron chi connectivity index (χ4n) is 2.49. The molecule has 0 aromatic heterocycles. The maximum Gasteiger partial charge on any atom is 0.279 e. The van der Waals surface area contributed by atoms with E-state index >= 15 is 0 Å². The maximum absolute atomic E-state index is 10.5. The molecule has 0 rings (SSSR count). The lowest BCUT2D eigenvalue weighted by molar-refractivity contribution is -0.121. The molecular weight excluding hydrogens is 180 g/mol. The molecule has 0 heterocycles. The first-order valence-electron chi connectivity index (χ1n) is 5.01. The molecule has 0 unspecified atom stereocenters. The Morgan fingerprint density at radius 2 is 1.23 bits per heavy atom. The maximum atomic E-state index is 10.5. The largest absolute Gasteiger partial charge is 0.520 e. The highest BCUT2D eigenvalue weighted by molar-refractivity contribution is 6.78. The van der Waals surface area contributed by atoms with Crippen molar-refractivity contribution in [1.82, 2.24) is 0 Å². The van der Waals surface area contributed by atoms with Gasteiger partial charge in [-0.05, 0) is 16.6 Å². The van der Waals surface area contributed by atoms with Gasteiger partial charge < -0.3 is 4.43 Å². The Balaban J connectivity index is 4.92. The summed E-state index contributed by atoms with van der Waals surface area (Å²) < 4.78 is 5.47. The average Bonchev–Trinajstić information content (AvgIpc) is 1.97. The van der Waals surface area contributed by atoms with Gasteiger partial charge in [0.05, 0.1) is 0 Å². The van der Waals surface area contributed by atoms with Crippen LogP contribution in [0.4, 0.5) is 0 Å². The van der Waals surface area contributed by atoms with E-state index in [1.54, 1.807) is 0 Å². The van der Waals surface area contributed by atoms with Gasteiger partial charge in [-0.1, -0.05) is 41.5 Å². The Morgan fingerprint density at radius 3 is 1.31 bits per heavy atom.